The topological polar surface area (TPSA) is 47.0 Å². The van der Waals surface area contributed by atoms with E-state index in [-0.39, 0.29) is 0 Å². The Morgan fingerprint density at radius 1 is 1.00 bits per heavy atom. The average Bonchev–Trinajstić information content (AvgIpc) is 3.19. The number of aromatic nitrogens is 2. The Morgan fingerprint density at radius 2 is 1.89 bits per heavy atom. The third-order valence-corrected chi connectivity index (χ3v) is 6.25. The Balaban J connectivity index is 1.59. The molecule has 5 heteroatoms. The van der Waals surface area contributed by atoms with Crippen molar-refractivity contribution in [2.75, 3.05) is 12.4 Å². The van der Waals surface area contributed by atoms with Gasteiger partial charge in [0, 0.05) is 22.7 Å². The van der Waals surface area contributed by atoms with Crippen LogP contribution in [-0.4, -0.2) is 17.1 Å². The molecule has 1 N–H and O–H groups in total. The lowest BCUT2D eigenvalue weighted by Crippen LogP contribution is -2.02. The van der Waals surface area contributed by atoms with Crippen LogP contribution in [0.1, 0.15) is 24.0 Å². The minimum Gasteiger partial charge on any atom is -0.497 e. The zero-order valence-electron chi connectivity index (χ0n) is 15.7. The third kappa shape index (κ3) is 3.12. The second-order valence-electron chi connectivity index (χ2n) is 7.10. The standard InChI is InChI=1S/C23H21N3OS/c1-27-19-8-4-7-18(12-19)26-22-21-20(13-28-23(21)25-14-24-22)17-10-9-15-5-2-3-6-16(15)11-17/h4,7-14H,2-3,5-6H2,1H3,(H,24,25,26). The molecule has 2 heterocycles. The number of nitrogens with zero attached hydrogens (tertiary/aromatic N) is 2. The van der Waals surface area contributed by atoms with Gasteiger partial charge >= 0.3 is 0 Å². The molecule has 0 unspecified atom stereocenters. The molecule has 4 aromatic rings. The number of thiophene rings is 1. The fourth-order valence-corrected chi connectivity index (χ4v) is 4.84. The van der Waals surface area contributed by atoms with Gasteiger partial charge in [-0.3, -0.25) is 0 Å². The van der Waals surface area contributed by atoms with Crippen molar-refractivity contribution in [3.63, 3.8) is 0 Å². The van der Waals surface area contributed by atoms with Gasteiger partial charge in [-0.1, -0.05) is 24.3 Å². The van der Waals surface area contributed by atoms with Crippen molar-refractivity contribution in [3.8, 4) is 16.9 Å². The van der Waals surface area contributed by atoms with Gasteiger partial charge in [0.25, 0.3) is 0 Å². The van der Waals surface area contributed by atoms with Crippen LogP contribution in [-0.2, 0) is 12.8 Å². The second-order valence-corrected chi connectivity index (χ2v) is 7.96. The van der Waals surface area contributed by atoms with Gasteiger partial charge in [-0.05, 0) is 54.5 Å². The van der Waals surface area contributed by atoms with Crippen LogP contribution in [0.5, 0.6) is 5.75 Å². The molecule has 2 aromatic carbocycles. The molecule has 0 atom stereocenters. The largest absolute Gasteiger partial charge is 0.497 e. The van der Waals surface area contributed by atoms with Crippen molar-refractivity contribution in [2.24, 2.45) is 0 Å². The minimum atomic E-state index is 0.815. The summed E-state index contributed by atoms with van der Waals surface area (Å²) in [6.07, 6.45) is 6.59. The Labute approximate surface area is 168 Å². The molecule has 0 saturated heterocycles. The first-order valence-electron chi connectivity index (χ1n) is 9.57. The highest BCUT2D eigenvalue weighted by atomic mass is 32.1. The number of anilines is 2. The van der Waals surface area contributed by atoms with E-state index in [2.05, 4.69) is 38.9 Å². The number of fused-ring (bicyclic) bond motifs is 2. The van der Waals surface area contributed by atoms with E-state index in [1.165, 1.54) is 47.9 Å². The molecule has 0 amide bonds. The molecule has 5 rings (SSSR count). The van der Waals surface area contributed by atoms with Gasteiger partial charge in [-0.2, -0.15) is 0 Å². The van der Waals surface area contributed by atoms with Gasteiger partial charge in [-0.15, -0.1) is 11.3 Å². The van der Waals surface area contributed by atoms with Crippen molar-refractivity contribution in [2.45, 2.75) is 25.7 Å². The van der Waals surface area contributed by atoms with E-state index in [1.807, 2.05) is 24.3 Å². The predicted octanol–water partition coefficient (Wildman–Crippen LogP) is 5.99. The lowest BCUT2D eigenvalue weighted by Gasteiger charge is -2.16. The van der Waals surface area contributed by atoms with E-state index in [4.69, 9.17) is 4.74 Å². The van der Waals surface area contributed by atoms with Crippen molar-refractivity contribution in [1.29, 1.82) is 0 Å². The molecule has 140 valence electrons. The number of aryl methyl sites for hydroxylation is 2. The van der Waals surface area contributed by atoms with Crippen LogP contribution in [0, 0.1) is 0 Å². The first kappa shape index (κ1) is 17.2. The fraction of sp³-hybridized carbons (Fsp3) is 0.217. The number of rotatable bonds is 4. The number of nitrogens with one attached hydrogen (secondary N) is 1. The maximum absolute atomic E-state index is 5.34. The Bertz CT molecular complexity index is 1150. The molecule has 0 saturated carbocycles. The summed E-state index contributed by atoms with van der Waals surface area (Å²) in [7, 11) is 1.68. The molecule has 0 bridgehead atoms. The maximum atomic E-state index is 5.34. The zero-order chi connectivity index (χ0) is 18.9. The first-order chi connectivity index (χ1) is 13.8. The van der Waals surface area contributed by atoms with Gasteiger partial charge in [0.1, 0.15) is 22.7 Å². The smallest absolute Gasteiger partial charge is 0.143 e. The number of methoxy groups -OCH3 is 1. The minimum absolute atomic E-state index is 0.815. The summed E-state index contributed by atoms with van der Waals surface area (Å²) in [6, 6.07) is 14.8. The molecule has 28 heavy (non-hydrogen) atoms. The third-order valence-electron chi connectivity index (χ3n) is 5.36. The van der Waals surface area contributed by atoms with Crippen LogP contribution >= 0.6 is 11.3 Å². The highest BCUT2D eigenvalue weighted by Crippen LogP contribution is 2.39. The van der Waals surface area contributed by atoms with E-state index in [1.54, 1.807) is 24.8 Å². The number of benzene rings is 2. The predicted molar refractivity (Wildman–Crippen MR) is 116 cm³/mol. The first-order valence-corrected chi connectivity index (χ1v) is 10.5. The maximum Gasteiger partial charge on any atom is 0.143 e. The van der Waals surface area contributed by atoms with Gasteiger partial charge in [0.05, 0.1) is 12.5 Å². The van der Waals surface area contributed by atoms with Gasteiger partial charge < -0.3 is 10.1 Å². The molecule has 0 spiro atoms. The van der Waals surface area contributed by atoms with Gasteiger partial charge in [0.15, 0.2) is 0 Å². The summed E-state index contributed by atoms with van der Waals surface area (Å²) >= 11 is 1.66. The molecular weight excluding hydrogens is 366 g/mol. The Hall–Kier alpha value is -2.92. The summed E-state index contributed by atoms with van der Waals surface area (Å²) in [4.78, 5) is 10.0. The monoisotopic (exact) mass is 387 g/mol. The molecule has 0 fully saturated rings. The number of hydrogen-bond acceptors (Lipinski definition) is 5. The summed E-state index contributed by atoms with van der Waals surface area (Å²) in [6.45, 7) is 0. The van der Waals surface area contributed by atoms with Gasteiger partial charge in [-0.25, -0.2) is 9.97 Å². The van der Waals surface area contributed by atoms with Crippen molar-refractivity contribution in [3.05, 3.63) is 65.3 Å². The van der Waals surface area contributed by atoms with Gasteiger partial charge in [0.2, 0.25) is 0 Å². The zero-order valence-corrected chi connectivity index (χ0v) is 16.6. The average molecular weight is 388 g/mol. The summed E-state index contributed by atoms with van der Waals surface area (Å²) in [5, 5.41) is 6.73. The highest BCUT2D eigenvalue weighted by molar-refractivity contribution is 7.17. The molecule has 0 aliphatic heterocycles. The lowest BCUT2D eigenvalue weighted by molar-refractivity contribution is 0.415. The van der Waals surface area contributed by atoms with Crippen LogP contribution in [0.4, 0.5) is 11.5 Å². The van der Waals surface area contributed by atoms with Crippen molar-refractivity contribution >= 4 is 33.1 Å². The van der Waals surface area contributed by atoms with Crippen molar-refractivity contribution < 1.29 is 4.74 Å². The quantitative estimate of drug-likeness (QED) is 0.467. The van der Waals surface area contributed by atoms with E-state index < -0.39 is 0 Å². The summed E-state index contributed by atoms with van der Waals surface area (Å²) in [5.74, 6) is 1.64. The molecule has 2 aromatic heterocycles. The summed E-state index contributed by atoms with van der Waals surface area (Å²) in [5.41, 5.74) is 6.37. The Kier molecular flexibility index (Phi) is 4.45. The Morgan fingerprint density at radius 3 is 2.79 bits per heavy atom. The van der Waals surface area contributed by atoms with Crippen LogP contribution in [0.3, 0.4) is 0 Å². The van der Waals surface area contributed by atoms with E-state index in [9.17, 15) is 0 Å². The molecule has 1 aliphatic carbocycles. The SMILES string of the molecule is COc1cccc(Nc2ncnc3scc(-c4ccc5c(c4)CCCC5)c23)c1. The van der Waals surface area contributed by atoms with E-state index in [0.717, 1.165) is 27.5 Å². The van der Waals surface area contributed by atoms with E-state index >= 15 is 0 Å². The number of hydrogen-bond donors (Lipinski definition) is 1. The number of ether oxygens (including phenoxy) is 1. The van der Waals surface area contributed by atoms with Crippen LogP contribution in [0.25, 0.3) is 21.3 Å². The molecule has 0 radical (unpaired) electrons. The second kappa shape index (κ2) is 7.24. The molecular formula is C23H21N3OS. The van der Waals surface area contributed by atoms with E-state index in [0.29, 0.717) is 0 Å². The highest BCUT2D eigenvalue weighted by Gasteiger charge is 2.16. The molecule has 4 nitrogen and oxygen atoms in total. The van der Waals surface area contributed by atoms with Crippen molar-refractivity contribution in [1.82, 2.24) is 9.97 Å². The fourth-order valence-electron chi connectivity index (χ4n) is 3.92. The molecule has 1 aliphatic rings. The van der Waals surface area contributed by atoms with Crippen LogP contribution in [0.2, 0.25) is 0 Å². The summed E-state index contributed by atoms with van der Waals surface area (Å²) < 4.78 is 5.34. The van der Waals surface area contributed by atoms with Crippen LogP contribution < -0.4 is 10.1 Å². The van der Waals surface area contributed by atoms with Crippen LogP contribution in [0.15, 0.2) is 54.2 Å². The normalized spacial score (nSPS) is 13.3. The lowest BCUT2D eigenvalue weighted by atomic mass is 9.89.